The first kappa shape index (κ1) is 11.6. The molecular weight excluding hydrogens is 222 g/mol. The van der Waals surface area contributed by atoms with E-state index in [-0.39, 0.29) is 6.61 Å². The van der Waals surface area contributed by atoms with Crippen LogP contribution in [-0.4, -0.2) is 44.2 Å². The molecule has 2 aromatic heterocycles. The van der Waals surface area contributed by atoms with Gasteiger partial charge < -0.3 is 20.8 Å². The fraction of sp³-hybridized carbons (Fsp3) is 0.400. The molecule has 0 aliphatic carbocycles. The number of rotatable bonds is 4. The summed E-state index contributed by atoms with van der Waals surface area (Å²) >= 11 is 0. The second-order valence-electron chi connectivity index (χ2n) is 3.69. The zero-order valence-electron chi connectivity index (χ0n) is 9.48. The van der Waals surface area contributed by atoms with E-state index in [1.54, 1.807) is 24.1 Å². The van der Waals surface area contributed by atoms with Crippen LogP contribution in [0.5, 0.6) is 0 Å². The molecule has 7 heteroatoms. The molecule has 2 rings (SSSR count). The molecule has 4 N–H and O–H groups in total. The smallest absolute Gasteiger partial charge is 0.180 e. The molecule has 0 aliphatic rings. The molecule has 92 valence electrons. The maximum atomic E-state index is 9.68. The highest BCUT2D eigenvalue weighted by atomic mass is 16.3. The lowest BCUT2D eigenvalue weighted by Gasteiger charge is -2.26. The molecule has 2 aromatic rings. The third-order valence-electron chi connectivity index (χ3n) is 2.49. The minimum absolute atomic E-state index is 0.0640. The number of anilines is 2. The molecule has 0 spiro atoms. The van der Waals surface area contributed by atoms with Gasteiger partial charge in [-0.25, -0.2) is 4.98 Å². The Morgan fingerprint density at radius 1 is 1.59 bits per heavy atom. The number of aliphatic hydroxyl groups is 2. The third kappa shape index (κ3) is 2.02. The van der Waals surface area contributed by atoms with Gasteiger partial charge >= 0.3 is 0 Å². The van der Waals surface area contributed by atoms with Crippen molar-refractivity contribution in [2.45, 2.75) is 13.2 Å². The second kappa shape index (κ2) is 4.56. The number of aromatic nitrogens is 3. The van der Waals surface area contributed by atoms with Crippen LogP contribution in [0.15, 0.2) is 18.5 Å². The summed E-state index contributed by atoms with van der Waals surface area (Å²) in [4.78, 5) is 5.72. The van der Waals surface area contributed by atoms with Crippen LogP contribution in [-0.2, 0) is 0 Å². The highest BCUT2D eigenvalue weighted by Crippen LogP contribution is 2.19. The van der Waals surface area contributed by atoms with Crippen molar-refractivity contribution in [3.63, 3.8) is 0 Å². The van der Waals surface area contributed by atoms with Crippen LogP contribution in [0, 0.1) is 0 Å². The summed E-state index contributed by atoms with van der Waals surface area (Å²) < 4.78 is 1.54. The first-order valence-corrected chi connectivity index (χ1v) is 5.29. The second-order valence-corrected chi connectivity index (χ2v) is 3.69. The molecule has 0 fully saturated rings. The summed E-state index contributed by atoms with van der Waals surface area (Å²) in [6.45, 7) is 1.86. The molecular formula is C10H15N5O2. The number of hydrogen-bond acceptors (Lipinski definition) is 6. The van der Waals surface area contributed by atoms with Gasteiger partial charge in [-0.3, -0.25) is 0 Å². The van der Waals surface area contributed by atoms with Crippen molar-refractivity contribution in [2.75, 3.05) is 23.8 Å². The molecule has 2 heterocycles. The van der Waals surface area contributed by atoms with Crippen LogP contribution in [0.4, 0.5) is 11.5 Å². The topological polar surface area (TPSA) is 99.9 Å². The molecule has 0 bridgehead atoms. The van der Waals surface area contributed by atoms with Crippen molar-refractivity contribution in [3.8, 4) is 0 Å². The first-order valence-electron chi connectivity index (χ1n) is 5.29. The van der Waals surface area contributed by atoms with Crippen LogP contribution in [0.2, 0.25) is 0 Å². The van der Waals surface area contributed by atoms with Gasteiger partial charge in [0, 0.05) is 12.7 Å². The molecule has 17 heavy (non-hydrogen) atoms. The van der Waals surface area contributed by atoms with E-state index in [4.69, 9.17) is 10.8 Å². The van der Waals surface area contributed by atoms with E-state index in [2.05, 4.69) is 10.1 Å². The Balaban J connectivity index is 2.52. The standard InChI is InChI=1S/C10H15N5O2/c1-7(17)14(4-5-16)9-2-3-12-10-8(11)6-13-15(9)10/h2-3,6-7,16-17H,4-5,11H2,1H3. The van der Waals surface area contributed by atoms with Crippen LogP contribution in [0.1, 0.15) is 6.92 Å². The largest absolute Gasteiger partial charge is 0.395 e. The summed E-state index contributed by atoms with van der Waals surface area (Å²) in [5, 5.41) is 22.8. The Morgan fingerprint density at radius 3 is 3.00 bits per heavy atom. The predicted octanol–water partition coefficient (Wildman–Crippen LogP) is -0.552. The summed E-state index contributed by atoms with van der Waals surface area (Å²) in [7, 11) is 0. The van der Waals surface area contributed by atoms with Crippen LogP contribution in [0.25, 0.3) is 5.65 Å². The average Bonchev–Trinajstić information content (AvgIpc) is 2.68. The molecule has 0 radical (unpaired) electrons. The zero-order chi connectivity index (χ0) is 12.4. The quantitative estimate of drug-likeness (QED) is 0.617. The van der Waals surface area contributed by atoms with Gasteiger partial charge in [0.05, 0.1) is 18.5 Å². The van der Waals surface area contributed by atoms with E-state index in [0.29, 0.717) is 23.7 Å². The lowest BCUT2D eigenvalue weighted by molar-refractivity contribution is 0.176. The molecule has 7 nitrogen and oxygen atoms in total. The van der Waals surface area contributed by atoms with Gasteiger partial charge in [0.15, 0.2) is 5.65 Å². The number of aliphatic hydroxyl groups excluding tert-OH is 2. The van der Waals surface area contributed by atoms with Crippen molar-refractivity contribution >= 4 is 17.2 Å². The van der Waals surface area contributed by atoms with Gasteiger partial charge in [-0.2, -0.15) is 9.61 Å². The van der Waals surface area contributed by atoms with Crippen molar-refractivity contribution in [2.24, 2.45) is 0 Å². The van der Waals surface area contributed by atoms with Gasteiger partial charge in [0.2, 0.25) is 0 Å². The number of fused-ring (bicyclic) bond motifs is 1. The fourth-order valence-corrected chi connectivity index (χ4v) is 1.71. The normalized spacial score (nSPS) is 12.9. The molecule has 0 saturated heterocycles. The minimum Gasteiger partial charge on any atom is -0.395 e. The Morgan fingerprint density at radius 2 is 2.35 bits per heavy atom. The Hall–Kier alpha value is -1.86. The summed E-state index contributed by atoms with van der Waals surface area (Å²) in [5.41, 5.74) is 6.73. The predicted molar refractivity (Wildman–Crippen MR) is 63.5 cm³/mol. The average molecular weight is 237 g/mol. The summed E-state index contributed by atoms with van der Waals surface area (Å²) in [5.74, 6) is 0.635. The molecule has 0 aliphatic heterocycles. The molecule has 0 aromatic carbocycles. The molecule has 1 atom stereocenters. The minimum atomic E-state index is -0.738. The van der Waals surface area contributed by atoms with Crippen LogP contribution < -0.4 is 10.6 Å². The number of nitrogens with two attached hydrogens (primary N) is 1. The van der Waals surface area contributed by atoms with Crippen molar-refractivity contribution in [3.05, 3.63) is 18.5 Å². The van der Waals surface area contributed by atoms with E-state index in [0.717, 1.165) is 0 Å². The van der Waals surface area contributed by atoms with Gasteiger partial charge in [0.1, 0.15) is 12.0 Å². The summed E-state index contributed by atoms with van der Waals surface area (Å²) in [6, 6.07) is 1.71. The number of nitrogens with zero attached hydrogens (tertiary/aromatic N) is 4. The van der Waals surface area contributed by atoms with Gasteiger partial charge in [-0.05, 0) is 13.0 Å². The SMILES string of the molecule is CC(O)N(CCO)c1ccnc2c(N)cnn12. The summed E-state index contributed by atoms with van der Waals surface area (Å²) in [6.07, 6.45) is 2.36. The van der Waals surface area contributed by atoms with E-state index < -0.39 is 6.23 Å². The van der Waals surface area contributed by atoms with Crippen LogP contribution >= 0.6 is 0 Å². The number of nitrogen functional groups attached to an aromatic ring is 1. The van der Waals surface area contributed by atoms with E-state index in [1.807, 2.05) is 0 Å². The fourth-order valence-electron chi connectivity index (χ4n) is 1.71. The van der Waals surface area contributed by atoms with Crippen molar-refractivity contribution < 1.29 is 10.2 Å². The zero-order valence-corrected chi connectivity index (χ0v) is 9.48. The van der Waals surface area contributed by atoms with Crippen molar-refractivity contribution in [1.82, 2.24) is 14.6 Å². The highest BCUT2D eigenvalue weighted by Gasteiger charge is 2.16. The highest BCUT2D eigenvalue weighted by molar-refractivity contribution is 5.66. The maximum absolute atomic E-state index is 9.68. The van der Waals surface area contributed by atoms with E-state index in [1.165, 1.54) is 10.7 Å². The monoisotopic (exact) mass is 237 g/mol. The van der Waals surface area contributed by atoms with Gasteiger partial charge in [-0.1, -0.05) is 0 Å². The van der Waals surface area contributed by atoms with Crippen molar-refractivity contribution in [1.29, 1.82) is 0 Å². The lowest BCUT2D eigenvalue weighted by atomic mass is 10.4. The van der Waals surface area contributed by atoms with Gasteiger partial charge in [-0.15, -0.1) is 0 Å². The lowest BCUT2D eigenvalue weighted by Crippen LogP contribution is -2.36. The Labute approximate surface area is 98.1 Å². The number of hydrogen-bond donors (Lipinski definition) is 3. The van der Waals surface area contributed by atoms with E-state index >= 15 is 0 Å². The van der Waals surface area contributed by atoms with E-state index in [9.17, 15) is 5.11 Å². The Bertz CT molecular complexity index is 510. The molecule has 1 unspecified atom stereocenters. The Kier molecular flexibility index (Phi) is 3.12. The molecule has 0 saturated carbocycles. The van der Waals surface area contributed by atoms with Gasteiger partial charge in [0.25, 0.3) is 0 Å². The molecule has 0 amide bonds. The first-order chi connectivity index (χ1) is 8.15. The third-order valence-corrected chi connectivity index (χ3v) is 2.49. The maximum Gasteiger partial charge on any atom is 0.180 e. The van der Waals surface area contributed by atoms with Crippen LogP contribution in [0.3, 0.4) is 0 Å².